The molecule has 0 spiro atoms. The number of anilines is 2. The van der Waals surface area contributed by atoms with Crippen molar-refractivity contribution in [3.8, 4) is 11.5 Å². The van der Waals surface area contributed by atoms with Gasteiger partial charge in [0.1, 0.15) is 18.6 Å². The number of Topliss-reactive ketones (excluding diaryl/α,β-unsaturated/α-hetero) is 1. The maximum absolute atomic E-state index is 13.5. The average molecular weight is 625 g/mol. The van der Waals surface area contributed by atoms with Crippen molar-refractivity contribution in [1.29, 1.82) is 0 Å². The molecule has 1 heterocycles. The highest BCUT2D eigenvalue weighted by Crippen LogP contribution is 2.39. The predicted molar refractivity (Wildman–Crippen MR) is 172 cm³/mol. The Bertz CT molecular complexity index is 1640. The van der Waals surface area contributed by atoms with Crippen LogP contribution in [0.4, 0.5) is 11.4 Å². The molecular weight excluding hydrogens is 584 g/mol. The number of sulfonamides is 1. The number of aldehydes is 1. The number of ether oxygens (including phenoxy) is 2. The Morgan fingerprint density at radius 3 is 2.20 bits per heavy atom. The lowest BCUT2D eigenvalue weighted by Gasteiger charge is -2.33. The van der Waals surface area contributed by atoms with Crippen LogP contribution in [-0.4, -0.2) is 95.4 Å². The maximum Gasteiger partial charge on any atom is 0.296 e. The van der Waals surface area contributed by atoms with Crippen LogP contribution >= 0.6 is 0 Å². The van der Waals surface area contributed by atoms with Crippen molar-refractivity contribution in [2.45, 2.75) is 26.2 Å². The molecule has 0 aromatic heterocycles. The maximum atomic E-state index is 13.5. The molecule has 1 saturated heterocycles. The molecular formula is C32H40N4O7S. The largest absolute Gasteiger partial charge is 0.492 e. The fraction of sp³-hybridized carbons (Fsp3) is 0.406. The zero-order chi connectivity index (χ0) is 32.1. The molecule has 11 nitrogen and oxygen atoms in total. The molecule has 236 valence electrons. The van der Waals surface area contributed by atoms with Crippen LogP contribution in [0, 0.1) is 0 Å². The standard InChI is InChI=1S/C32H40N4O7S/c1-32(2,3)22-20-26(30(42-4)27(21-22)34-44(5,40)41)33-31(39)29(38)25-10-11-28(24-9-7-6-8-23(24)25)43-19-17-36-14-12-35(13-15-36)16-18-37/h6-11,18,20-21,34H,12-17,19H2,1-5H3,(H,33,39). The zero-order valence-corrected chi connectivity index (χ0v) is 26.6. The quantitative estimate of drug-likeness (QED) is 0.176. The van der Waals surface area contributed by atoms with Gasteiger partial charge in [0.05, 0.1) is 31.3 Å². The van der Waals surface area contributed by atoms with E-state index in [0.29, 0.717) is 29.7 Å². The Hall–Kier alpha value is -4.00. The number of fused-ring (bicyclic) bond motifs is 1. The minimum atomic E-state index is -3.66. The topological polar surface area (TPSA) is 134 Å². The number of hydrogen-bond donors (Lipinski definition) is 2. The molecule has 0 saturated carbocycles. The van der Waals surface area contributed by atoms with Crippen molar-refractivity contribution in [2.75, 3.05) is 69.3 Å². The molecule has 0 aliphatic carbocycles. The second-order valence-electron chi connectivity index (χ2n) is 11.8. The van der Waals surface area contributed by atoms with Crippen LogP contribution in [0.2, 0.25) is 0 Å². The number of benzene rings is 3. The summed E-state index contributed by atoms with van der Waals surface area (Å²) in [5, 5.41) is 3.93. The first-order chi connectivity index (χ1) is 20.8. The Kier molecular flexibility index (Phi) is 10.3. The van der Waals surface area contributed by atoms with Crippen molar-refractivity contribution in [3.05, 3.63) is 59.7 Å². The van der Waals surface area contributed by atoms with E-state index in [9.17, 15) is 22.8 Å². The van der Waals surface area contributed by atoms with Gasteiger partial charge in [-0.1, -0.05) is 45.0 Å². The van der Waals surface area contributed by atoms with Crippen molar-refractivity contribution < 1.29 is 32.3 Å². The van der Waals surface area contributed by atoms with Crippen molar-refractivity contribution in [1.82, 2.24) is 9.80 Å². The third-order valence-corrected chi connectivity index (χ3v) is 8.09. The molecule has 3 aromatic rings. The fourth-order valence-corrected chi connectivity index (χ4v) is 5.68. The first-order valence-corrected chi connectivity index (χ1v) is 16.3. The third-order valence-electron chi connectivity index (χ3n) is 7.50. The third kappa shape index (κ3) is 8.13. The number of ketones is 1. The summed E-state index contributed by atoms with van der Waals surface area (Å²) in [5.41, 5.74) is 0.847. The molecule has 0 bridgehead atoms. The summed E-state index contributed by atoms with van der Waals surface area (Å²) in [5.74, 6) is -0.967. The monoisotopic (exact) mass is 624 g/mol. The van der Waals surface area contributed by atoms with E-state index in [4.69, 9.17) is 9.47 Å². The van der Waals surface area contributed by atoms with Gasteiger partial charge in [0, 0.05) is 43.7 Å². The SMILES string of the molecule is COc1c(NC(=O)C(=O)c2ccc(OCCN3CCN(CC=O)CC3)c3ccccc23)cc(C(C)(C)C)cc1NS(C)(=O)=O. The highest BCUT2D eigenvalue weighted by Gasteiger charge is 2.26. The first kappa shape index (κ1) is 32.9. The number of nitrogens with zero attached hydrogens (tertiary/aromatic N) is 2. The molecule has 0 radical (unpaired) electrons. The first-order valence-electron chi connectivity index (χ1n) is 14.4. The van der Waals surface area contributed by atoms with Gasteiger partial charge in [-0.15, -0.1) is 0 Å². The Labute approximate surface area is 258 Å². The van der Waals surface area contributed by atoms with E-state index in [0.717, 1.165) is 50.8 Å². The molecule has 44 heavy (non-hydrogen) atoms. The molecule has 1 aliphatic heterocycles. The van der Waals surface area contributed by atoms with Crippen molar-refractivity contribution in [2.24, 2.45) is 0 Å². The Balaban J connectivity index is 1.54. The van der Waals surface area contributed by atoms with E-state index in [2.05, 4.69) is 19.8 Å². The molecule has 2 N–H and O–H groups in total. The van der Waals surface area contributed by atoms with Crippen LogP contribution in [0.25, 0.3) is 10.8 Å². The van der Waals surface area contributed by atoms with Crippen LogP contribution in [-0.2, 0) is 25.0 Å². The molecule has 4 rings (SSSR count). The zero-order valence-electron chi connectivity index (χ0n) is 25.8. The summed E-state index contributed by atoms with van der Waals surface area (Å²) >= 11 is 0. The van der Waals surface area contributed by atoms with Crippen LogP contribution < -0.4 is 19.5 Å². The number of hydrogen-bond acceptors (Lipinski definition) is 9. The van der Waals surface area contributed by atoms with E-state index in [1.807, 2.05) is 32.9 Å². The van der Waals surface area contributed by atoms with Gasteiger partial charge < -0.3 is 19.6 Å². The molecule has 1 aliphatic rings. The molecule has 12 heteroatoms. The Morgan fingerprint density at radius 1 is 0.955 bits per heavy atom. The fourth-order valence-electron chi connectivity index (χ4n) is 5.13. The molecule has 0 unspecified atom stereocenters. The molecule has 1 fully saturated rings. The van der Waals surface area contributed by atoms with Crippen LogP contribution in [0.1, 0.15) is 36.7 Å². The van der Waals surface area contributed by atoms with Crippen molar-refractivity contribution in [3.63, 3.8) is 0 Å². The number of methoxy groups -OCH3 is 1. The van der Waals surface area contributed by atoms with Gasteiger partial charge in [-0.3, -0.25) is 24.1 Å². The van der Waals surface area contributed by atoms with Gasteiger partial charge >= 0.3 is 0 Å². The molecule has 3 aromatic carbocycles. The normalized spacial score (nSPS) is 14.7. The Morgan fingerprint density at radius 2 is 1.59 bits per heavy atom. The van der Waals surface area contributed by atoms with E-state index >= 15 is 0 Å². The average Bonchev–Trinajstić information content (AvgIpc) is 2.96. The summed E-state index contributed by atoms with van der Waals surface area (Å²) in [6.45, 7) is 10.8. The van der Waals surface area contributed by atoms with Gasteiger partial charge in [-0.25, -0.2) is 8.42 Å². The molecule has 0 atom stereocenters. The predicted octanol–water partition coefficient (Wildman–Crippen LogP) is 3.53. The highest BCUT2D eigenvalue weighted by atomic mass is 32.2. The number of carbonyl (C=O) groups excluding carboxylic acids is 3. The van der Waals surface area contributed by atoms with E-state index in [1.165, 1.54) is 7.11 Å². The summed E-state index contributed by atoms with van der Waals surface area (Å²) in [7, 11) is -2.30. The summed E-state index contributed by atoms with van der Waals surface area (Å²) in [6, 6.07) is 13.8. The smallest absolute Gasteiger partial charge is 0.296 e. The summed E-state index contributed by atoms with van der Waals surface area (Å²) in [6.07, 6.45) is 1.95. The number of nitrogens with one attached hydrogen (secondary N) is 2. The number of amides is 1. The van der Waals surface area contributed by atoms with Gasteiger partial charge in [-0.2, -0.15) is 0 Å². The van der Waals surface area contributed by atoms with Crippen LogP contribution in [0.5, 0.6) is 11.5 Å². The lowest BCUT2D eigenvalue weighted by Crippen LogP contribution is -2.47. The second-order valence-corrected chi connectivity index (χ2v) is 13.6. The summed E-state index contributed by atoms with van der Waals surface area (Å²) in [4.78, 5) is 42.0. The number of rotatable bonds is 12. The number of carbonyl (C=O) groups is 3. The van der Waals surface area contributed by atoms with Gasteiger partial charge in [0.15, 0.2) is 5.75 Å². The summed E-state index contributed by atoms with van der Waals surface area (Å²) < 4.78 is 38.1. The van der Waals surface area contributed by atoms with Gasteiger partial charge in [0.2, 0.25) is 10.0 Å². The van der Waals surface area contributed by atoms with E-state index in [1.54, 1.807) is 36.4 Å². The lowest BCUT2D eigenvalue weighted by atomic mass is 9.86. The number of piperazine rings is 1. The second kappa shape index (κ2) is 13.7. The molecule has 1 amide bonds. The van der Waals surface area contributed by atoms with E-state index < -0.39 is 27.1 Å². The van der Waals surface area contributed by atoms with E-state index in [-0.39, 0.29) is 22.7 Å². The minimum Gasteiger partial charge on any atom is -0.492 e. The van der Waals surface area contributed by atoms with Crippen molar-refractivity contribution >= 4 is 50.1 Å². The lowest BCUT2D eigenvalue weighted by molar-refractivity contribution is -0.112. The van der Waals surface area contributed by atoms with Gasteiger partial charge in [-0.05, 0) is 40.6 Å². The highest BCUT2D eigenvalue weighted by molar-refractivity contribution is 7.92. The van der Waals surface area contributed by atoms with Gasteiger partial charge in [0.25, 0.3) is 11.7 Å². The van der Waals surface area contributed by atoms with Crippen LogP contribution in [0.15, 0.2) is 48.5 Å². The van der Waals surface area contributed by atoms with Crippen LogP contribution in [0.3, 0.4) is 0 Å². The minimum absolute atomic E-state index is 0.0864.